The highest BCUT2D eigenvalue weighted by molar-refractivity contribution is 5.49. The summed E-state index contributed by atoms with van der Waals surface area (Å²) in [7, 11) is 0. The molecule has 6 N–H and O–H groups in total. The highest BCUT2D eigenvalue weighted by Gasteiger charge is 2.50. The van der Waals surface area contributed by atoms with Gasteiger partial charge in [0.2, 0.25) is 0 Å². The first-order valence-electron chi connectivity index (χ1n) is 12.3. The molecule has 0 spiro atoms. The SMILES string of the molecule is c1cc2cc(c1)C2(N1CCNCCNCCNCC1)N1CCNCCNCCNCC1. The lowest BCUT2D eigenvalue weighted by Gasteiger charge is -2.56. The van der Waals surface area contributed by atoms with Gasteiger partial charge in [-0.3, -0.25) is 9.80 Å². The van der Waals surface area contributed by atoms with Gasteiger partial charge in [-0.25, -0.2) is 0 Å². The van der Waals surface area contributed by atoms with Crippen molar-refractivity contribution in [2.24, 2.45) is 0 Å². The van der Waals surface area contributed by atoms with E-state index in [1.54, 1.807) is 0 Å². The molecule has 1 aromatic carbocycles. The third-order valence-corrected chi connectivity index (χ3v) is 6.73. The number of nitrogens with zero attached hydrogens (tertiary/aromatic N) is 2. The van der Waals surface area contributed by atoms with Gasteiger partial charge in [0.05, 0.1) is 0 Å². The molecule has 0 amide bonds. The Kier molecular flexibility index (Phi) is 9.10. The summed E-state index contributed by atoms with van der Waals surface area (Å²) in [6.07, 6.45) is 0. The van der Waals surface area contributed by atoms with Gasteiger partial charge in [-0.1, -0.05) is 18.2 Å². The normalized spacial score (nSPS) is 25.8. The van der Waals surface area contributed by atoms with Crippen molar-refractivity contribution in [3.05, 3.63) is 35.4 Å². The Balaban J connectivity index is 1.54. The van der Waals surface area contributed by atoms with E-state index < -0.39 is 0 Å². The predicted molar refractivity (Wildman–Crippen MR) is 128 cm³/mol. The summed E-state index contributed by atoms with van der Waals surface area (Å²) in [6, 6.07) is 9.27. The molecule has 2 aliphatic heterocycles. The molecule has 1 aromatic rings. The van der Waals surface area contributed by atoms with Crippen LogP contribution in [0.25, 0.3) is 0 Å². The maximum absolute atomic E-state index is 3.65. The van der Waals surface area contributed by atoms with Gasteiger partial charge >= 0.3 is 0 Å². The first kappa shape index (κ1) is 23.1. The van der Waals surface area contributed by atoms with Gasteiger partial charge in [-0.2, -0.15) is 0 Å². The predicted octanol–water partition coefficient (Wildman–Crippen LogP) is -1.63. The van der Waals surface area contributed by atoms with E-state index in [1.807, 2.05) is 0 Å². The second-order valence-electron chi connectivity index (χ2n) is 8.73. The van der Waals surface area contributed by atoms with Gasteiger partial charge in [0.15, 0.2) is 0 Å². The van der Waals surface area contributed by atoms with Crippen molar-refractivity contribution < 1.29 is 0 Å². The summed E-state index contributed by atoms with van der Waals surface area (Å²) >= 11 is 0. The Morgan fingerprint density at radius 1 is 0.484 bits per heavy atom. The second-order valence-corrected chi connectivity index (χ2v) is 8.73. The van der Waals surface area contributed by atoms with E-state index in [-0.39, 0.29) is 5.66 Å². The largest absolute Gasteiger partial charge is 0.314 e. The molecule has 0 unspecified atom stereocenters. The molecule has 5 rings (SSSR count). The smallest absolute Gasteiger partial charge is 0.127 e. The zero-order valence-corrected chi connectivity index (χ0v) is 19.0. The molecule has 174 valence electrons. The van der Waals surface area contributed by atoms with Crippen LogP contribution < -0.4 is 31.9 Å². The van der Waals surface area contributed by atoms with Gasteiger partial charge in [0.1, 0.15) is 5.66 Å². The summed E-state index contributed by atoms with van der Waals surface area (Å²) in [4.78, 5) is 5.44. The molecule has 0 atom stereocenters. The molecule has 0 aromatic heterocycles. The average molecular weight is 431 g/mol. The maximum Gasteiger partial charge on any atom is 0.127 e. The molecule has 2 saturated heterocycles. The van der Waals surface area contributed by atoms with Crippen LogP contribution >= 0.6 is 0 Å². The summed E-state index contributed by atoms with van der Waals surface area (Å²) in [6.45, 7) is 16.5. The first-order valence-corrected chi connectivity index (χ1v) is 12.3. The molecular weight excluding hydrogens is 388 g/mol. The number of nitrogens with one attached hydrogen (secondary N) is 6. The molecular formula is C23H42N8. The van der Waals surface area contributed by atoms with Gasteiger partial charge in [0, 0.05) is 105 Å². The van der Waals surface area contributed by atoms with E-state index in [1.165, 1.54) is 11.1 Å². The van der Waals surface area contributed by atoms with E-state index in [0.717, 1.165) is 105 Å². The number of benzene rings is 1. The van der Waals surface area contributed by atoms with Crippen molar-refractivity contribution in [2.45, 2.75) is 5.66 Å². The van der Waals surface area contributed by atoms with Crippen molar-refractivity contribution in [3.8, 4) is 0 Å². The van der Waals surface area contributed by atoms with Gasteiger partial charge in [-0.15, -0.1) is 0 Å². The third-order valence-electron chi connectivity index (χ3n) is 6.73. The van der Waals surface area contributed by atoms with Gasteiger partial charge in [-0.05, 0) is 17.2 Å². The summed E-state index contributed by atoms with van der Waals surface area (Å²) in [5.74, 6) is 0. The van der Waals surface area contributed by atoms with Crippen LogP contribution in [-0.2, 0) is 5.66 Å². The van der Waals surface area contributed by atoms with Crippen LogP contribution in [0.15, 0.2) is 24.3 Å². The highest BCUT2D eigenvalue weighted by Crippen LogP contribution is 2.46. The van der Waals surface area contributed by atoms with Crippen molar-refractivity contribution in [1.82, 2.24) is 41.7 Å². The fourth-order valence-corrected chi connectivity index (χ4v) is 5.16. The molecule has 0 radical (unpaired) electrons. The Bertz CT molecular complexity index is 571. The summed E-state index contributed by atoms with van der Waals surface area (Å²) in [5, 5.41) is 21.6. The number of rotatable bonds is 2. The zero-order chi connectivity index (χ0) is 21.2. The van der Waals surface area contributed by atoms with Crippen molar-refractivity contribution >= 4 is 0 Å². The number of hydrogen-bond acceptors (Lipinski definition) is 8. The van der Waals surface area contributed by atoms with E-state index in [4.69, 9.17) is 0 Å². The quantitative estimate of drug-likeness (QED) is 0.334. The zero-order valence-electron chi connectivity index (χ0n) is 19.0. The lowest BCUT2D eigenvalue weighted by molar-refractivity contribution is -0.0424. The molecule has 2 bridgehead atoms. The Morgan fingerprint density at radius 2 is 0.806 bits per heavy atom. The average Bonchev–Trinajstić information content (AvgIpc) is 2.77. The minimum absolute atomic E-state index is 0.0911. The van der Waals surface area contributed by atoms with E-state index in [2.05, 4.69) is 66.0 Å². The molecule has 2 aliphatic carbocycles. The molecule has 8 heteroatoms. The van der Waals surface area contributed by atoms with Crippen molar-refractivity contribution in [3.63, 3.8) is 0 Å². The molecule has 4 aliphatic rings. The van der Waals surface area contributed by atoms with Crippen LogP contribution in [0, 0.1) is 0 Å². The molecule has 2 heterocycles. The van der Waals surface area contributed by atoms with Crippen LogP contribution in [0.1, 0.15) is 11.1 Å². The van der Waals surface area contributed by atoms with Gasteiger partial charge < -0.3 is 31.9 Å². The number of hydrogen-bond donors (Lipinski definition) is 6. The fraction of sp³-hybridized carbons (Fsp3) is 0.739. The monoisotopic (exact) mass is 430 g/mol. The van der Waals surface area contributed by atoms with Crippen molar-refractivity contribution in [2.75, 3.05) is 105 Å². The van der Waals surface area contributed by atoms with E-state index in [9.17, 15) is 0 Å². The molecule has 0 saturated carbocycles. The molecule has 2 fully saturated rings. The maximum atomic E-state index is 3.65. The lowest BCUT2D eigenvalue weighted by atomic mass is 9.77. The van der Waals surface area contributed by atoms with Crippen molar-refractivity contribution in [1.29, 1.82) is 0 Å². The third kappa shape index (κ3) is 5.64. The highest BCUT2D eigenvalue weighted by atomic mass is 15.4. The van der Waals surface area contributed by atoms with Crippen LogP contribution in [0.5, 0.6) is 0 Å². The van der Waals surface area contributed by atoms with Crippen LogP contribution in [0.2, 0.25) is 0 Å². The first-order chi connectivity index (χ1) is 15.4. The number of fused-ring (bicyclic) bond motifs is 2. The van der Waals surface area contributed by atoms with E-state index in [0.29, 0.717) is 0 Å². The molecule has 8 nitrogen and oxygen atoms in total. The minimum Gasteiger partial charge on any atom is -0.314 e. The fourth-order valence-electron chi connectivity index (χ4n) is 5.16. The van der Waals surface area contributed by atoms with Crippen LogP contribution in [0.4, 0.5) is 0 Å². The summed E-state index contributed by atoms with van der Waals surface area (Å²) < 4.78 is 0. The Labute approximate surface area is 187 Å². The Hall–Kier alpha value is -1.10. The minimum atomic E-state index is -0.0911. The molecule has 31 heavy (non-hydrogen) atoms. The summed E-state index contributed by atoms with van der Waals surface area (Å²) in [5.41, 5.74) is 2.81. The van der Waals surface area contributed by atoms with Gasteiger partial charge in [0.25, 0.3) is 0 Å². The second kappa shape index (κ2) is 12.2. The Morgan fingerprint density at radius 3 is 1.13 bits per heavy atom. The van der Waals surface area contributed by atoms with Crippen LogP contribution in [0.3, 0.4) is 0 Å². The van der Waals surface area contributed by atoms with E-state index >= 15 is 0 Å². The lowest BCUT2D eigenvalue weighted by Crippen LogP contribution is -2.65. The topological polar surface area (TPSA) is 78.7 Å². The standard InChI is InChI=1S/C23H42N8/c1-2-21-20-22(3-1)23(21,30-16-12-26-8-4-24-5-9-27-13-17-30)31-18-14-28-10-6-25-7-11-29-15-19-31/h1-3,20,24-29H,4-19H2. The van der Waals surface area contributed by atoms with Crippen LogP contribution in [-0.4, -0.2) is 115 Å².